The van der Waals surface area contributed by atoms with Gasteiger partial charge in [-0.1, -0.05) is 91.0 Å². The number of morpholine rings is 1. The SMILES string of the molecule is CN[C@H](C(=O)Nc1ccccc1CC[C@@H]1CNC[C@@H](CSc2cccc3ncccc23)O1)C(c1ccccc1)c1ccccc1. The van der Waals surface area contributed by atoms with Crippen LogP contribution >= 0.6 is 11.8 Å². The maximum Gasteiger partial charge on any atom is 0.242 e. The second-order valence-corrected chi connectivity index (χ2v) is 12.5. The third-order valence-corrected chi connectivity index (χ3v) is 9.62. The van der Waals surface area contributed by atoms with E-state index in [1.165, 1.54) is 10.3 Å². The molecule has 1 amide bonds. The normalized spacial score (nSPS) is 17.3. The Morgan fingerprint density at radius 2 is 1.58 bits per heavy atom. The Morgan fingerprint density at radius 1 is 0.867 bits per heavy atom. The summed E-state index contributed by atoms with van der Waals surface area (Å²) in [5.74, 6) is 0.685. The van der Waals surface area contributed by atoms with Crippen LogP contribution in [-0.4, -0.2) is 55.0 Å². The molecule has 1 aliphatic rings. The van der Waals surface area contributed by atoms with Gasteiger partial charge in [0.15, 0.2) is 0 Å². The van der Waals surface area contributed by atoms with E-state index >= 15 is 0 Å². The second-order valence-electron chi connectivity index (χ2n) is 11.4. The zero-order chi connectivity index (χ0) is 30.8. The van der Waals surface area contributed by atoms with Crippen LogP contribution in [0.2, 0.25) is 0 Å². The molecule has 0 spiro atoms. The number of aryl methyl sites for hydroxylation is 1. The number of para-hydroxylation sites is 1. The van der Waals surface area contributed by atoms with E-state index in [4.69, 9.17) is 4.74 Å². The number of aromatic nitrogens is 1. The van der Waals surface area contributed by atoms with Gasteiger partial charge in [0.05, 0.1) is 23.8 Å². The molecule has 1 aromatic heterocycles. The maximum atomic E-state index is 13.9. The maximum absolute atomic E-state index is 13.9. The number of fused-ring (bicyclic) bond motifs is 1. The quantitative estimate of drug-likeness (QED) is 0.136. The molecule has 0 bridgehead atoms. The topological polar surface area (TPSA) is 75.3 Å². The summed E-state index contributed by atoms with van der Waals surface area (Å²) in [6.07, 6.45) is 3.74. The number of nitrogens with one attached hydrogen (secondary N) is 3. The minimum Gasteiger partial charge on any atom is -0.371 e. The number of nitrogens with zero attached hydrogens (tertiary/aromatic N) is 1. The average Bonchev–Trinajstić information content (AvgIpc) is 3.10. The number of thioether (sulfide) groups is 1. The Labute approximate surface area is 270 Å². The summed E-state index contributed by atoms with van der Waals surface area (Å²) in [5.41, 5.74) is 5.17. The summed E-state index contributed by atoms with van der Waals surface area (Å²) in [4.78, 5) is 19.6. The van der Waals surface area contributed by atoms with Crippen LogP contribution in [0.4, 0.5) is 5.69 Å². The number of carbonyl (C=O) groups is 1. The van der Waals surface area contributed by atoms with Gasteiger partial charge in [0.2, 0.25) is 5.91 Å². The summed E-state index contributed by atoms with van der Waals surface area (Å²) in [6, 6.07) is 38.5. The molecule has 3 atom stereocenters. The Morgan fingerprint density at radius 3 is 2.33 bits per heavy atom. The molecule has 6 nitrogen and oxygen atoms in total. The van der Waals surface area contributed by atoms with E-state index in [1.54, 1.807) is 0 Å². The second kappa shape index (κ2) is 15.3. The highest BCUT2D eigenvalue weighted by molar-refractivity contribution is 7.99. The number of hydrogen-bond acceptors (Lipinski definition) is 6. The summed E-state index contributed by atoms with van der Waals surface area (Å²) < 4.78 is 6.55. The zero-order valence-corrected chi connectivity index (χ0v) is 26.4. The number of amides is 1. The third kappa shape index (κ3) is 7.81. The van der Waals surface area contributed by atoms with Gasteiger partial charge in [0.25, 0.3) is 0 Å². The van der Waals surface area contributed by atoms with Gasteiger partial charge in [0, 0.05) is 46.9 Å². The molecule has 1 aliphatic heterocycles. The van der Waals surface area contributed by atoms with Crippen molar-refractivity contribution in [1.29, 1.82) is 0 Å². The fourth-order valence-corrected chi connectivity index (χ4v) is 7.22. The van der Waals surface area contributed by atoms with Crippen molar-refractivity contribution in [3.8, 4) is 0 Å². The zero-order valence-electron chi connectivity index (χ0n) is 25.6. The fraction of sp³-hybridized carbons (Fsp3) is 0.263. The average molecular weight is 617 g/mol. The Kier molecular flexibility index (Phi) is 10.6. The highest BCUT2D eigenvalue weighted by Crippen LogP contribution is 2.31. The van der Waals surface area contributed by atoms with E-state index in [-0.39, 0.29) is 24.0 Å². The molecule has 0 unspecified atom stereocenters. The molecule has 0 saturated carbocycles. The van der Waals surface area contributed by atoms with Gasteiger partial charge in [-0.2, -0.15) is 0 Å². The van der Waals surface area contributed by atoms with Gasteiger partial charge in [0.1, 0.15) is 0 Å². The van der Waals surface area contributed by atoms with E-state index in [0.717, 1.165) is 59.6 Å². The van der Waals surface area contributed by atoms with Gasteiger partial charge in [-0.25, -0.2) is 0 Å². The van der Waals surface area contributed by atoms with E-state index < -0.39 is 6.04 Å². The number of benzene rings is 4. The van der Waals surface area contributed by atoms with Crippen LogP contribution in [0.5, 0.6) is 0 Å². The molecule has 3 N–H and O–H groups in total. The number of anilines is 1. The van der Waals surface area contributed by atoms with Crippen LogP contribution in [0.15, 0.2) is 126 Å². The van der Waals surface area contributed by atoms with E-state index in [2.05, 4.69) is 75.5 Å². The smallest absolute Gasteiger partial charge is 0.242 e. The number of carbonyl (C=O) groups excluding carboxylic acids is 1. The number of rotatable bonds is 12. The first kappa shape index (κ1) is 31.0. The molecule has 1 saturated heterocycles. The molecule has 6 rings (SSSR count). The first-order valence-electron chi connectivity index (χ1n) is 15.7. The highest BCUT2D eigenvalue weighted by Gasteiger charge is 2.30. The van der Waals surface area contributed by atoms with Crippen LogP contribution in [-0.2, 0) is 16.0 Å². The van der Waals surface area contributed by atoms with Crippen LogP contribution in [0.25, 0.3) is 10.9 Å². The lowest BCUT2D eigenvalue weighted by Gasteiger charge is -2.31. The van der Waals surface area contributed by atoms with Crippen molar-refractivity contribution in [3.63, 3.8) is 0 Å². The van der Waals surface area contributed by atoms with Crippen molar-refractivity contribution >= 4 is 34.3 Å². The summed E-state index contributed by atoms with van der Waals surface area (Å²) in [5, 5.41) is 11.3. The molecular formula is C38H40N4O2S. The lowest BCUT2D eigenvalue weighted by atomic mass is 9.84. The number of hydrogen-bond donors (Lipinski definition) is 3. The van der Waals surface area contributed by atoms with Gasteiger partial charge >= 0.3 is 0 Å². The van der Waals surface area contributed by atoms with Crippen molar-refractivity contribution in [1.82, 2.24) is 15.6 Å². The van der Waals surface area contributed by atoms with Gasteiger partial charge in [-0.05, 0) is 60.8 Å². The number of ether oxygens (including phenoxy) is 1. The first-order valence-corrected chi connectivity index (χ1v) is 16.7. The predicted molar refractivity (Wildman–Crippen MR) is 185 cm³/mol. The van der Waals surface area contributed by atoms with Crippen LogP contribution in [0.3, 0.4) is 0 Å². The Balaban J connectivity index is 1.09. The molecule has 0 radical (unpaired) electrons. The van der Waals surface area contributed by atoms with Gasteiger partial charge in [-0.3, -0.25) is 9.78 Å². The van der Waals surface area contributed by atoms with Crippen molar-refractivity contribution in [3.05, 3.63) is 138 Å². The molecule has 2 heterocycles. The van der Waals surface area contributed by atoms with Crippen molar-refractivity contribution in [2.24, 2.45) is 0 Å². The van der Waals surface area contributed by atoms with Gasteiger partial charge in [-0.15, -0.1) is 11.8 Å². The molecule has 230 valence electrons. The largest absolute Gasteiger partial charge is 0.371 e. The Hall–Kier alpha value is -4.01. The molecule has 45 heavy (non-hydrogen) atoms. The Bertz CT molecular complexity index is 1640. The van der Waals surface area contributed by atoms with Crippen molar-refractivity contribution in [2.45, 2.75) is 41.9 Å². The number of likely N-dealkylation sites (N-methyl/N-ethyl adjacent to an activating group) is 1. The van der Waals surface area contributed by atoms with Crippen LogP contribution < -0.4 is 16.0 Å². The van der Waals surface area contributed by atoms with Crippen molar-refractivity contribution in [2.75, 3.05) is 31.2 Å². The highest BCUT2D eigenvalue weighted by atomic mass is 32.2. The lowest BCUT2D eigenvalue weighted by Crippen LogP contribution is -2.46. The van der Waals surface area contributed by atoms with Gasteiger partial charge < -0.3 is 20.7 Å². The minimum atomic E-state index is -0.454. The lowest BCUT2D eigenvalue weighted by molar-refractivity contribution is -0.118. The van der Waals surface area contributed by atoms with Crippen LogP contribution in [0.1, 0.15) is 29.0 Å². The number of pyridine rings is 1. The third-order valence-electron chi connectivity index (χ3n) is 8.41. The van der Waals surface area contributed by atoms with Crippen molar-refractivity contribution < 1.29 is 9.53 Å². The molecule has 0 aliphatic carbocycles. The minimum absolute atomic E-state index is 0.0565. The fourth-order valence-electron chi connectivity index (χ4n) is 6.16. The monoisotopic (exact) mass is 616 g/mol. The summed E-state index contributed by atoms with van der Waals surface area (Å²) in [7, 11) is 1.86. The van der Waals surface area contributed by atoms with E-state index in [9.17, 15) is 4.79 Å². The molecule has 1 fully saturated rings. The first-order chi connectivity index (χ1) is 22.2. The molecule has 5 aromatic rings. The van der Waals surface area contributed by atoms with Crippen LogP contribution in [0, 0.1) is 0 Å². The molecule has 7 heteroatoms. The van der Waals surface area contributed by atoms with E-state index in [1.807, 2.05) is 85.7 Å². The predicted octanol–water partition coefficient (Wildman–Crippen LogP) is 6.68. The summed E-state index contributed by atoms with van der Waals surface area (Å²) >= 11 is 1.83. The standard InChI is InChI=1S/C38H40N4O2S/c1-39-37(36(28-13-4-2-5-14-28)29-15-6-3-7-16-29)38(43)42-33-18-9-8-12-27(33)21-22-30-24-40-25-31(44-30)26-45-35-20-10-19-34-32(35)17-11-23-41-34/h2-20,23,30-31,36-37,39-40H,21-22,24-26H2,1H3,(H,42,43)/t30-,31+,37+/m1/s1. The molecule has 4 aromatic carbocycles. The molecular weight excluding hydrogens is 577 g/mol. The van der Waals surface area contributed by atoms with E-state index in [0.29, 0.717) is 0 Å². The summed E-state index contributed by atoms with van der Waals surface area (Å²) in [6.45, 7) is 1.67.